The van der Waals surface area contributed by atoms with Gasteiger partial charge in [0.2, 0.25) is 0 Å². The molecule has 0 amide bonds. The fourth-order valence-corrected chi connectivity index (χ4v) is 5.20. The van der Waals surface area contributed by atoms with Crippen LogP contribution in [0.3, 0.4) is 0 Å². The predicted molar refractivity (Wildman–Crippen MR) is 109 cm³/mol. The van der Waals surface area contributed by atoms with E-state index in [1.165, 1.54) is 55.3 Å². The summed E-state index contributed by atoms with van der Waals surface area (Å²) < 4.78 is 1.16. The van der Waals surface area contributed by atoms with Crippen molar-refractivity contribution in [1.82, 2.24) is 0 Å². The van der Waals surface area contributed by atoms with Gasteiger partial charge in [0.1, 0.15) is 0 Å². The molecule has 0 aliphatic heterocycles. The van der Waals surface area contributed by atoms with Crippen molar-refractivity contribution >= 4 is 26.7 Å². The van der Waals surface area contributed by atoms with Crippen LogP contribution in [-0.2, 0) is 0 Å². The van der Waals surface area contributed by atoms with Crippen molar-refractivity contribution in [2.75, 3.05) is 0 Å². The minimum Gasteiger partial charge on any atom is -0.0616 e. The molecule has 2 aliphatic rings. The maximum atomic E-state index is 3.65. The fraction of sp³-hybridized carbons (Fsp3) is 0.0833. The Labute approximate surface area is 155 Å². The van der Waals surface area contributed by atoms with Crippen LogP contribution in [0.15, 0.2) is 71.2 Å². The minimum absolute atomic E-state index is 0.430. The summed E-state index contributed by atoms with van der Waals surface area (Å²) in [6, 6.07) is 24.8. The lowest BCUT2D eigenvalue weighted by Crippen LogP contribution is -1.90. The van der Waals surface area contributed by atoms with Crippen molar-refractivity contribution < 1.29 is 0 Å². The molecule has 0 aromatic heterocycles. The molecule has 0 N–H and O–H groups in total. The number of rotatable bonds is 0. The highest BCUT2D eigenvalue weighted by Crippen LogP contribution is 2.55. The van der Waals surface area contributed by atoms with E-state index in [4.69, 9.17) is 0 Å². The van der Waals surface area contributed by atoms with Gasteiger partial charge in [-0.3, -0.25) is 0 Å². The summed E-state index contributed by atoms with van der Waals surface area (Å²) in [7, 11) is 0. The van der Waals surface area contributed by atoms with Gasteiger partial charge in [-0.15, -0.1) is 0 Å². The first-order chi connectivity index (χ1) is 12.2. The van der Waals surface area contributed by atoms with Crippen molar-refractivity contribution in [3.8, 4) is 33.4 Å². The third-order valence-corrected chi connectivity index (χ3v) is 6.41. The van der Waals surface area contributed by atoms with Crippen molar-refractivity contribution in [3.63, 3.8) is 0 Å². The zero-order chi connectivity index (χ0) is 16.7. The molecule has 25 heavy (non-hydrogen) atoms. The lowest BCUT2D eigenvalue weighted by Gasteiger charge is -2.11. The van der Waals surface area contributed by atoms with E-state index >= 15 is 0 Å². The lowest BCUT2D eigenvalue weighted by atomic mass is 9.92. The summed E-state index contributed by atoms with van der Waals surface area (Å²) in [5.74, 6) is 0.430. The SMILES string of the molecule is CC1c2cc(Br)ccc2-c2c1cc1c3c(cccc23)-c2ccccc2-1. The van der Waals surface area contributed by atoms with Crippen LogP contribution >= 0.6 is 15.9 Å². The highest BCUT2D eigenvalue weighted by molar-refractivity contribution is 9.10. The number of hydrogen-bond donors (Lipinski definition) is 0. The number of benzene rings is 4. The molecule has 1 atom stereocenters. The van der Waals surface area contributed by atoms with E-state index in [9.17, 15) is 0 Å². The average molecular weight is 383 g/mol. The normalized spacial score (nSPS) is 16.0. The smallest absolute Gasteiger partial charge is 0.0178 e. The van der Waals surface area contributed by atoms with Crippen LogP contribution < -0.4 is 0 Å². The van der Waals surface area contributed by atoms with Crippen LogP contribution in [0.4, 0.5) is 0 Å². The average Bonchev–Trinajstić information content (AvgIpc) is 3.11. The molecule has 1 unspecified atom stereocenters. The molecule has 0 spiro atoms. The van der Waals surface area contributed by atoms with E-state index in [0.29, 0.717) is 5.92 Å². The quantitative estimate of drug-likeness (QED) is 0.262. The van der Waals surface area contributed by atoms with E-state index in [1.807, 2.05) is 0 Å². The van der Waals surface area contributed by atoms with E-state index < -0.39 is 0 Å². The summed E-state index contributed by atoms with van der Waals surface area (Å²) >= 11 is 3.65. The van der Waals surface area contributed by atoms with Crippen molar-refractivity contribution in [2.45, 2.75) is 12.8 Å². The van der Waals surface area contributed by atoms with Crippen LogP contribution in [0.2, 0.25) is 0 Å². The zero-order valence-electron chi connectivity index (χ0n) is 13.8. The summed E-state index contributed by atoms with van der Waals surface area (Å²) in [5, 5.41) is 2.82. The van der Waals surface area contributed by atoms with Gasteiger partial charge in [-0.25, -0.2) is 0 Å². The maximum absolute atomic E-state index is 3.65. The summed E-state index contributed by atoms with van der Waals surface area (Å²) in [6.45, 7) is 2.33. The molecule has 1 heteroatoms. The van der Waals surface area contributed by atoms with Gasteiger partial charge < -0.3 is 0 Å². The highest BCUT2D eigenvalue weighted by Gasteiger charge is 2.31. The van der Waals surface area contributed by atoms with Gasteiger partial charge in [-0.05, 0) is 73.5 Å². The van der Waals surface area contributed by atoms with Gasteiger partial charge in [-0.2, -0.15) is 0 Å². The molecule has 0 fully saturated rings. The first-order valence-electron chi connectivity index (χ1n) is 8.73. The van der Waals surface area contributed by atoms with Gasteiger partial charge in [-0.1, -0.05) is 71.4 Å². The second-order valence-corrected chi connectivity index (χ2v) is 8.03. The molecule has 0 heterocycles. The Morgan fingerprint density at radius 2 is 1.44 bits per heavy atom. The van der Waals surface area contributed by atoms with Crippen LogP contribution in [0, 0.1) is 0 Å². The molecule has 0 saturated heterocycles. The van der Waals surface area contributed by atoms with Crippen molar-refractivity contribution in [1.29, 1.82) is 0 Å². The highest BCUT2D eigenvalue weighted by atomic mass is 79.9. The molecule has 0 nitrogen and oxygen atoms in total. The Kier molecular flexibility index (Phi) is 2.56. The van der Waals surface area contributed by atoms with E-state index in [0.717, 1.165) is 4.47 Å². The molecule has 2 aliphatic carbocycles. The van der Waals surface area contributed by atoms with Crippen LogP contribution in [0.5, 0.6) is 0 Å². The van der Waals surface area contributed by atoms with E-state index in [1.54, 1.807) is 0 Å². The molecule has 6 rings (SSSR count). The van der Waals surface area contributed by atoms with Crippen LogP contribution in [0.1, 0.15) is 24.0 Å². The number of hydrogen-bond acceptors (Lipinski definition) is 0. The fourth-order valence-electron chi connectivity index (χ4n) is 4.83. The summed E-state index contributed by atoms with van der Waals surface area (Å²) in [6.07, 6.45) is 0. The maximum Gasteiger partial charge on any atom is 0.0178 e. The summed E-state index contributed by atoms with van der Waals surface area (Å²) in [4.78, 5) is 0. The molecule has 0 saturated carbocycles. The van der Waals surface area contributed by atoms with Gasteiger partial charge in [0, 0.05) is 10.4 Å². The standard InChI is InChI=1S/C24H15Br/c1-13-20-11-14(25)9-10-18(20)23-19-8-4-7-17-15-5-2-3-6-16(15)22(24(17)19)12-21(13)23/h2-13H,1H3. The van der Waals surface area contributed by atoms with Gasteiger partial charge in [0.25, 0.3) is 0 Å². The molecule has 4 aromatic rings. The van der Waals surface area contributed by atoms with Crippen LogP contribution in [-0.4, -0.2) is 0 Å². The Morgan fingerprint density at radius 1 is 0.680 bits per heavy atom. The first-order valence-corrected chi connectivity index (χ1v) is 9.52. The third kappa shape index (κ3) is 1.62. The first kappa shape index (κ1) is 13.9. The second kappa shape index (κ2) is 4.62. The molecular weight excluding hydrogens is 368 g/mol. The number of halogens is 1. The molecule has 4 aromatic carbocycles. The van der Waals surface area contributed by atoms with Gasteiger partial charge in [0.15, 0.2) is 0 Å². The van der Waals surface area contributed by atoms with E-state index in [2.05, 4.69) is 89.6 Å². The molecule has 0 radical (unpaired) electrons. The Bertz CT molecular complexity index is 1220. The molecular formula is C24H15Br. The van der Waals surface area contributed by atoms with E-state index in [-0.39, 0.29) is 0 Å². The number of fused-ring (bicyclic) bond motifs is 7. The van der Waals surface area contributed by atoms with Crippen molar-refractivity contribution in [2.24, 2.45) is 0 Å². The molecule has 0 bridgehead atoms. The van der Waals surface area contributed by atoms with Crippen molar-refractivity contribution in [3.05, 3.63) is 82.3 Å². The second-order valence-electron chi connectivity index (χ2n) is 7.12. The Morgan fingerprint density at radius 3 is 2.28 bits per heavy atom. The lowest BCUT2D eigenvalue weighted by molar-refractivity contribution is 0.957. The predicted octanol–water partition coefficient (Wildman–Crippen LogP) is 7.38. The monoisotopic (exact) mass is 382 g/mol. The third-order valence-electron chi connectivity index (χ3n) is 5.92. The molecule has 118 valence electrons. The van der Waals surface area contributed by atoms with Gasteiger partial charge >= 0.3 is 0 Å². The van der Waals surface area contributed by atoms with Crippen LogP contribution in [0.25, 0.3) is 44.2 Å². The summed E-state index contributed by atoms with van der Waals surface area (Å²) in [5.41, 5.74) is 11.2. The minimum atomic E-state index is 0.430. The largest absolute Gasteiger partial charge is 0.0616 e. The van der Waals surface area contributed by atoms with Gasteiger partial charge in [0.05, 0.1) is 0 Å². The Hall–Kier alpha value is -2.38. The Balaban J connectivity index is 1.81. The topological polar surface area (TPSA) is 0 Å². The zero-order valence-corrected chi connectivity index (χ0v) is 15.4.